The minimum Gasteiger partial charge on any atom is -0.317 e. The minimum absolute atomic E-state index is 0.111. The van der Waals surface area contributed by atoms with Gasteiger partial charge < -0.3 is 4.57 Å². The van der Waals surface area contributed by atoms with Crippen molar-refractivity contribution in [2.75, 3.05) is 0 Å². The van der Waals surface area contributed by atoms with E-state index in [4.69, 9.17) is 0 Å². The molecule has 2 heterocycles. The van der Waals surface area contributed by atoms with Crippen LogP contribution in [0.25, 0.3) is 22.2 Å². The Bertz CT molecular complexity index is 1130. The summed E-state index contributed by atoms with van der Waals surface area (Å²) in [5, 5.41) is 6.00. The van der Waals surface area contributed by atoms with E-state index in [9.17, 15) is 4.79 Å². The monoisotopic (exact) mass is 359 g/mol. The van der Waals surface area contributed by atoms with Crippen molar-refractivity contribution in [3.05, 3.63) is 88.7 Å². The number of fused-ring (bicyclic) bond motifs is 1. The Balaban J connectivity index is 2.29. The van der Waals surface area contributed by atoms with Gasteiger partial charge in [0.05, 0.1) is 17.3 Å². The average molecular weight is 359 g/mol. The van der Waals surface area contributed by atoms with E-state index >= 15 is 0 Å². The smallest absolute Gasteiger partial charge is 0.281 e. The van der Waals surface area contributed by atoms with Gasteiger partial charge in [0.25, 0.3) is 5.56 Å². The maximum absolute atomic E-state index is 13.2. The highest BCUT2D eigenvalue weighted by atomic mass is 16.1. The number of aryl methyl sites for hydroxylation is 3. The third-order valence-electron chi connectivity index (χ3n) is 4.92. The van der Waals surface area contributed by atoms with Crippen LogP contribution >= 0.6 is 0 Å². The third kappa shape index (κ3) is 3.19. The second-order valence-electron chi connectivity index (χ2n) is 6.49. The summed E-state index contributed by atoms with van der Waals surface area (Å²) in [6.45, 7) is 11.7. The fourth-order valence-electron chi connectivity index (χ4n) is 3.50. The van der Waals surface area contributed by atoms with Crippen LogP contribution in [-0.4, -0.2) is 14.3 Å². The Hall–Kier alpha value is -3.14. The highest BCUT2D eigenvalue weighted by molar-refractivity contribution is 5.88. The fourth-order valence-corrected chi connectivity index (χ4v) is 3.50. The summed E-state index contributed by atoms with van der Waals surface area (Å²) in [5.74, 6) is 0. The van der Waals surface area contributed by atoms with Crippen molar-refractivity contribution >= 4 is 16.5 Å². The van der Waals surface area contributed by atoms with Gasteiger partial charge >= 0.3 is 0 Å². The molecule has 4 nitrogen and oxygen atoms in total. The Morgan fingerprint density at radius 3 is 2.70 bits per heavy atom. The zero-order chi connectivity index (χ0) is 19.6. The van der Waals surface area contributed by atoms with E-state index in [2.05, 4.69) is 47.4 Å². The zero-order valence-electron chi connectivity index (χ0n) is 16.4. The molecular weight excluding hydrogens is 334 g/mol. The highest BCUT2D eigenvalue weighted by Crippen LogP contribution is 2.26. The van der Waals surface area contributed by atoms with Gasteiger partial charge in [0.2, 0.25) is 0 Å². The van der Waals surface area contributed by atoms with Gasteiger partial charge in [-0.3, -0.25) is 4.79 Å². The van der Waals surface area contributed by atoms with Gasteiger partial charge in [-0.2, -0.15) is 9.78 Å². The second-order valence-corrected chi connectivity index (χ2v) is 6.49. The lowest BCUT2D eigenvalue weighted by atomic mass is 10.1. The molecule has 4 heteroatoms. The van der Waals surface area contributed by atoms with Gasteiger partial charge in [-0.25, -0.2) is 0 Å². The maximum atomic E-state index is 13.2. The molecule has 0 spiro atoms. The van der Waals surface area contributed by atoms with Crippen molar-refractivity contribution in [2.24, 2.45) is 0 Å². The van der Waals surface area contributed by atoms with Gasteiger partial charge in [-0.15, -0.1) is 0 Å². The third-order valence-corrected chi connectivity index (χ3v) is 4.92. The van der Waals surface area contributed by atoms with Gasteiger partial charge in [0.15, 0.2) is 0 Å². The number of nitrogens with zero attached hydrogens (tertiary/aromatic N) is 3. The molecule has 0 aliphatic rings. The molecule has 2 aromatic heterocycles. The van der Waals surface area contributed by atoms with Crippen molar-refractivity contribution in [3.8, 4) is 5.69 Å². The molecule has 1 aromatic carbocycles. The molecule has 3 rings (SSSR count). The SMILES string of the molecule is C=C/C=C\C(=C/C)n1ncc2c(C)n(-c3cccc(CC)c3)c(C)c2c1=O. The Morgan fingerprint density at radius 1 is 1.26 bits per heavy atom. The van der Waals surface area contributed by atoms with Crippen LogP contribution in [0.1, 0.15) is 30.8 Å². The Labute approximate surface area is 159 Å². The number of allylic oxidation sites excluding steroid dienone is 5. The first-order valence-electron chi connectivity index (χ1n) is 9.18. The topological polar surface area (TPSA) is 39.8 Å². The largest absolute Gasteiger partial charge is 0.317 e. The number of aromatic nitrogens is 3. The maximum Gasteiger partial charge on any atom is 0.281 e. The molecule has 0 aliphatic carbocycles. The summed E-state index contributed by atoms with van der Waals surface area (Å²) < 4.78 is 3.59. The number of hydrogen-bond acceptors (Lipinski definition) is 2. The van der Waals surface area contributed by atoms with Crippen LogP contribution in [0.4, 0.5) is 0 Å². The van der Waals surface area contributed by atoms with E-state index in [1.807, 2.05) is 32.9 Å². The van der Waals surface area contributed by atoms with Crippen LogP contribution in [-0.2, 0) is 6.42 Å². The van der Waals surface area contributed by atoms with E-state index in [1.165, 1.54) is 10.2 Å². The summed E-state index contributed by atoms with van der Waals surface area (Å²) in [6.07, 6.45) is 9.93. The van der Waals surface area contributed by atoms with Crippen molar-refractivity contribution in [2.45, 2.75) is 34.1 Å². The first kappa shape index (κ1) is 18.6. The molecule has 27 heavy (non-hydrogen) atoms. The molecular formula is C23H25N3O. The lowest BCUT2D eigenvalue weighted by molar-refractivity contribution is 0.845. The van der Waals surface area contributed by atoms with Gasteiger partial charge in [-0.1, -0.05) is 43.9 Å². The van der Waals surface area contributed by atoms with Crippen LogP contribution in [0.5, 0.6) is 0 Å². The predicted octanol–water partition coefficient (Wildman–Crippen LogP) is 4.97. The van der Waals surface area contributed by atoms with E-state index in [-0.39, 0.29) is 5.56 Å². The van der Waals surface area contributed by atoms with Crippen molar-refractivity contribution in [1.82, 2.24) is 14.3 Å². The zero-order valence-corrected chi connectivity index (χ0v) is 16.4. The van der Waals surface area contributed by atoms with Crippen LogP contribution in [0, 0.1) is 13.8 Å². The Kier molecular flexibility index (Phi) is 5.26. The lowest BCUT2D eigenvalue weighted by Gasteiger charge is -2.10. The number of hydrogen-bond donors (Lipinski definition) is 0. The lowest BCUT2D eigenvalue weighted by Crippen LogP contribution is -2.21. The number of rotatable bonds is 5. The molecule has 0 aliphatic heterocycles. The Morgan fingerprint density at radius 2 is 2.04 bits per heavy atom. The molecule has 0 amide bonds. The van der Waals surface area contributed by atoms with E-state index in [0.717, 1.165) is 34.6 Å². The van der Waals surface area contributed by atoms with E-state index in [0.29, 0.717) is 5.39 Å². The van der Waals surface area contributed by atoms with Crippen molar-refractivity contribution in [3.63, 3.8) is 0 Å². The molecule has 0 radical (unpaired) electrons. The summed E-state index contributed by atoms with van der Waals surface area (Å²) in [4.78, 5) is 13.2. The molecule has 0 N–H and O–H groups in total. The molecule has 0 fully saturated rings. The molecule has 138 valence electrons. The average Bonchev–Trinajstić information content (AvgIpc) is 2.94. The van der Waals surface area contributed by atoms with Gasteiger partial charge in [0.1, 0.15) is 0 Å². The van der Waals surface area contributed by atoms with Crippen LogP contribution in [0.15, 0.2) is 66.1 Å². The van der Waals surface area contributed by atoms with E-state index < -0.39 is 0 Å². The summed E-state index contributed by atoms with van der Waals surface area (Å²) in [6, 6.07) is 8.44. The first-order valence-corrected chi connectivity index (χ1v) is 9.18. The van der Waals surface area contributed by atoms with Crippen molar-refractivity contribution in [1.29, 1.82) is 0 Å². The molecule has 0 saturated carbocycles. The highest BCUT2D eigenvalue weighted by Gasteiger charge is 2.18. The molecule has 3 aromatic rings. The van der Waals surface area contributed by atoms with Crippen LogP contribution in [0.3, 0.4) is 0 Å². The quantitative estimate of drug-likeness (QED) is 0.604. The molecule has 0 unspecified atom stereocenters. The second kappa shape index (κ2) is 7.62. The standard InChI is InChI=1S/C23H25N3O/c1-6-9-12-19(8-3)26-23(27)22-17(5)25(16(4)21(22)15-24-26)20-13-10-11-18(7-2)14-20/h6,8-15H,1,7H2,2-5H3/b12-9-,19-8+. The van der Waals surface area contributed by atoms with Crippen molar-refractivity contribution < 1.29 is 0 Å². The molecule has 0 bridgehead atoms. The van der Waals surface area contributed by atoms with Crippen LogP contribution in [0.2, 0.25) is 0 Å². The summed E-state index contributed by atoms with van der Waals surface area (Å²) >= 11 is 0. The molecule has 0 saturated heterocycles. The summed E-state index contributed by atoms with van der Waals surface area (Å²) in [7, 11) is 0. The first-order chi connectivity index (χ1) is 13.0. The fraction of sp³-hybridized carbons (Fsp3) is 0.217. The number of benzene rings is 1. The van der Waals surface area contributed by atoms with Gasteiger partial charge in [-0.05, 0) is 51.0 Å². The van der Waals surface area contributed by atoms with Gasteiger partial charge in [0, 0.05) is 22.5 Å². The summed E-state index contributed by atoms with van der Waals surface area (Å²) in [5.41, 5.74) is 4.91. The predicted molar refractivity (Wildman–Crippen MR) is 113 cm³/mol. The normalized spacial score (nSPS) is 12.2. The molecule has 0 atom stereocenters. The minimum atomic E-state index is -0.111. The van der Waals surface area contributed by atoms with E-state index in [1.54, 1.807) is 18.3 Å². The van der Waals surface area contributed by atoms with Crippen LogP contribution < -0.4 is 5.56 Å².